The van der Waals surface area contributed by atoms with Crippen molar-refractivity contribution in [1.29, 1.82) is 0 Å². The van der Waals surface area contributed by atoms with E-state index in [0.717, 1.165) is 18.4 Å². The summed E-state index contributed by atoms with van der Waals surface area (Å²) < 4.78 is 0. The van der Waals surface area contributed by atoms with Gasteiger partial charge < -0.3 is 32.1 Å². The van der Waals surface area contributed by atoms with Crippen LogP contribution in [0.4, 0.5) is 5.69 Å². The molecule has 3 aromatic rings. The number of fused-ring (bicyclic) bond motifs is 1. The summed E-state index contributed by atoms with van der Waals surface area (Å²) >= 11 is 0. The van der Waals surface area contributed by atoms with Gasteiger partial charge in [-0.2, -0.15) is 0 Å². The van der Waals surface area contributed by atoms with Gasteiger partial charge in [0.15, 0.2) is 0 Å². The van der Waals surface area contributed by atoms with Gasteiger partial charge in [-0.3, -0.25) is 24.2 Å². The van der Waals surface area contributed by atoms with Crippen molar-refractivity contribution in [2.45, 2.75) is 55.6 Å². The third-order valence-electron chi connectivity index (χ3n) is 8.41. The lowest BCUT2D eigenvalue weighted by atomic mass is 9.75. The molecule has 11 nitrogen and oxygen atoms in total. The largest absolute Gasteiger partial charge is 0.508 e. The molecular weight excluding hydrogens is 572 g/mol. The number of hydrogen-bond acceptors (Lipinski definition) is 7. The van der Waals surface area contributed by atoms with Crippen molar-refractivity contribution >= 4 is 35.5 Å². The first-order chi connectivity index (χ1) is 21.7. The molecule has 5 rings (SSSR count). The lowest BCUT2D eigenvalue weighted by molar-refractivity contribution is -0.136. The molecule has 45 heavy (non-hydrogen) atoms. The lowest BCUT2D eigenvalue weighted by Crippen LogP contribution is -2.59. The first-order valence-corrected chi connectivity index (χ1v) is 15.1. The highest BCUT2D eigenvalue weighted by Gasteiger charge is 2.49. The summed E-state index contributed by atoms with van der Waals surface area (Å²) in [7, 11) is 0. The fourth-order valence-corrected chi connectivity index (χ4v) is 5.97. The van der Waals surface area contributed by atoms with Crippen LogP contribution in [-0.4, -0.2) is 71.1 Å². The molecule has 1 saturated heterocycles. The zero-order valence-corrected chi connectivity index (χ0v) is 24.9. The summed E-state index contributed by atoms with van der Waals surface area (Å²) in [6.07, 6.45) is 3.44. The number of amides is 4. The number of para-hydroxylation sites is 1. The summed E-state index contributed by atoms with van der Waals surface area (Å²) in [6, 6.07) is 19.3. The zero-order valence-electron chi connectivity index (χ0n) is 24.9. The van der Waals surface area contributed by atoms with E-state index in [0.29, 0.717) is 29.9 Å². The van der Waals surface area contributed by atoms with Crippen LogP contribution in [0.3, 0.4) is 0 Å². The number of nitrogens with two attached hydrogens (primary N) is 2. The number of aliphatic imine (C=N–C) groups is 1. The van der Waals surface area contributed by atoms with E-state index in [1.165, 1.54) is 12.1 Å². The van der Waals surface area contributed by atoms with Crippen LogP contribution in [0.2, 0.25) is 0 Å². The Morgan fingerprint density at radius 2 is 1.44 bits per heavy atom. The second-order valence-corrected chi connectivity index (χ2v) is 11.6. The number of phenols is 1. The van der Waals surface area contributed by atoms with E-state index in [1.54, 1.807) is 29.3 Å². The number of hydrogen-bond donors (Lipinski definition) is 5. The standard InChI is InChI=1S/C34H38N6O5/c35-26(18-23-12-14-24(41)15-13-23)31(43)39-29(32(44)38-28(30(36)42)19-22-8-2-1-3-9-22)20-34(33(45)40-16-6-7-17-40)21-37-27-11-5-4-10-25(27)34/h1-5,8-15,21,26,28-29,41H,6-7,16-20,35H2,(H2,36,42)(H,38,44)(H,39,43)/t26-,28-,29-,34-/m0/s1. The summed E-state index contributed by atoms with van der Waals surface area (Å²) in [5, 5.41) is 15.1. The summed E-state index contributed by atoms with van der Waals surface area (Å²) in [5.74, 6) is -2.15. The van der Waals surface area contributed by atoms with Gasteiger partial charge in [0.2, 0.25) is 23.6 Å². The molecule has 2 aliphatic heterocycles. The van der Waals surface area contributed by atoms with E-state index in [4.69, 9.17) is 11.5 Å². The van der Waals surface area contributed by atoms with E-state index in [9.17, 15) is 24.3 Å². The van der Waals surface area contributed by atoms with Gasteiger partial charge >= 0.3 is 0 Å². The van der Waals surface area contributed by atoms with Gasteiger partial charge in [-0.1, -0.05) is 60.7 Å². The summed E-state index contributed by atoms with van der Waals surface area (Å²) in [6.45, 7) is 1.16. The van der Waals surface area contributed by atoms with E-state index in [1.807, 2.05) is 48.5 Å². The Hall–Kier alpha value is -5.03. The van der Waals surface area contributed by atoms with Crippen LogP contribution in [0, 0.1) is 0 Å². The molecule has 0 bridgehead atoms. The van der Waals surface area contributed by atoms with Crippen molar-refractivity contribution in [1.82, 2.24) is 15.5 Å². The Bertz CT molecular complexity index is 1570. The molecule has 234 valence electrons. The Labute approximate surface area is 261 Å². The first kappa shape index (κ1) is 31.4. The molecule has 0 spiro atoms. The number of phenolic OH excluding ortho intramolecular Hbond substituents is 1. The quantitative estimate of drug-likeness (QED) is 0.208. The van der Waals surface area contributed by atoms with Gasteiger partial charge in [0.25, 0.3) is 0 Å². The SMILES string of the molecule is NC(=O)[C@H](Cc1ccccc1)NC(=O)[C@H](C[C@]1(C(=O)N2CCCC2)C=Nc2ccccc21)NC(=O)[C@@H](N)Cc1ccc(O)cc1. The fourth-order valence-electron chi connectivity index (χ4n) is 5.97. The van der Waals surface area contributed by atoms with Crippen LogP contribution in [0.1, 0.15) is 36.0 Å². The van der Waals surface area contributed by atoms with Crippen molar-refractivity contribution in [2.24, 2.45) is 16.5 Å². The van der Waals surface area contributed by atoms with Gasteiger partial charge in [0.1, 0.15) is 23.2 Å². The van der Waals surface area contributed by atoms with Crippen molar-refractivity contribution in [3.05, 3.63) is 95.6 Å². The average Bonchev–Trinajstić information content (AvgIpc) is 3.71. The minimum absolute atomic E-state index is 0.0829. The van der Waals surface area contributed by atoms with Crippen molar-refractivity contribution < 1.29 is 24.3 Å². The Morgan fingerprint density at radius 1 is 0.822 bits per heavy atom. The molecule has 11 heteroatoms. The summed E-state index contributed by atoms with van der Waals surface area (Å²) in [4.78, 5) is 60.5. The number of benzene rings is 3. The number of rotatable bonds is 12. The van der Waals surface area contributed by atoms with Gasteiger partial charge in [-0.05, 0) is 54.2 Å². The molecule has 2 heterocycles. The van der Waals surface area contributed by atoms with Crippen molar-refractivity contribution in [3.8, 4) is 5.75 Å². The molecule has 0 unspecified atom stereocenters. The highest BCUT2D eigenvalue weighted by atomic mass is 16.3. The second kappa shape index (κ2) is 13.7. The smallest absolute Gasteiger partial charge is 0.243 e. The Kier molecular flexibility index (Phi) is 9.58. The molecule has 0 radical (unpaired) electrons. The molecule has 4 amide bonds. The minimum atomic E-state index is -1.33. The third-order valence-corrected chi connectivity index (χ3v) is 8.41. The molecule has 1 fully saturated rings. The van der Waals surface area contributed by atoms with Gasteiger partial charge in [0.05, 0.1) is 11.7 Å². The zero-order chi connectivity index (χ0) is 32.0. The fraction of sp³-hybridized carbons (Fsp3) is 0.324. The number of primary amides is 1. The van der Waals surface area contributed by atoms with Crippen LogP contribution < -0.4 is 22.1 Å². The molecule has 4 atom stereocenters. The van der Waals surface area contributed by atoms with Crippen LogP contribution in [0.25, 0.3) is 0 Å². The van der Waals surface area contributed by atoms with E-state index < -0.39 is 41.3 Å². The van der Waals surface area contributed by atoms with Gasteiger partial charge in [-0.25, -0.2) is 0 Å². The maximum atomic E-state index is 14.2. The molecule has 0 aliphatic carbocycles. The van der Waals surface area contributed by atoms with E-state index in [2.05, 4.69) is 15.6 Å². The summed E-state index contributed by atoms with van der Waals surface area (Å²) in [5.41, 5.74) is 13.4. The predicted octanol–water partition coefficient (Wildman–Crippen LogP) is 1.63. The molecule has 3 aromatic carbocycles. The first-order valence-electron chi connectivity index (χ1n) is 15.1. The second-order valence-electron chi connectivity index (χ2n) is 11.6. The number of nitrogens with one attached hydrogen (secondary N) is 2. The van der Waals surface area contributed by atoms with Crippen LogP contribution in [0.15, 0.2) is 83.9 Å². The van der Waals surface area contributed by atoms with Gasteiger partial charge in [0, 0.05) is 32.1 Å². The highest BCUT2D eigenvalue weighted by Crippen LogP contribution is 2.42. The average molecular weight is 611 g/mol. The predicted molar refractivity (Wildman–Crippen MR) is 170 cm³/mol. The molecule has 2 aliphatic rings. The van der Waals surface area contributed by atoms with Crippen molar-refractivity contribution in [2.75, 3.05) is 13.1 Å². The Balaban J connectivity index is 1.45. The number of nitrogens with zero attached hydrogens (tertiary/aromatic N) is 2. The highest BCUT2D eigenvalue weighted by molar-refractivity contribution is 6.10. The van der Waals surface area contributed by atoms with Crippen LogP contribution in [-0.2, 0) is 37.4 Å². The topological polar surface area (TPSA) is 180 Å². The monoisotopic (exact) mass is 610 g/mol. The molecule has 7 N–H and O–H groups in total. The normalized spacial score (nSPS) is 18.9. The minimum Gasteiger partial charge on any atom is -0.508 e. The number of likely N-dealkylation sites (tertiary alicyclic amines) is 1. The lowest BCUT2D eigenvalue weighted by Gasteiger charge is -2.34. The number of aromatic hydroxyl groups is 1. The third kappa shape index (κ3) is 7.21. The maximum absolute atomic E-state index is 14.2. The van der Waals surface area contributed by atoms with Gasteiger partial charge in [-0.15, -0.1) is 0 Å². The Morgan fingerprint density at radius 3 is 2.13 bits per heavy atom. The number of carbonyl (C=O) groups excluding carboxylic acids is 4. The van der Waals surface area contributed by atoms with E-state index >= 15 is 0 Å². The number of carbonyl (C=O) groups is 4. The molecule has 0 saturated carbocycles. The van der Waals surface area contributed by atoms with Crippen LogP contribution >= 0.6 is 0 Å². The van der Waals surface area contributed by atoms with Crippen LogP contribution in [0.5, 0.6) is 5.75 Å². The maximum Gasteiger partial charge on any atom is 0.243 e. The van der Waals surface area contributed by atoms with E-state index in [-0.39, 0.29) is 30.9 Å². The molecular formula is C34H38N6O5. The molecule has 0 aromatic heterocycles. The van der Waals surface area contributed by atoms with Crippen molar-refractivity contribution in [3.63, 3.8) is 0 Å².